The molecule has 1 saturated carbocycles. The van der Waals surface area contributed by atoms with Crippen LogP contribution in [0.1, 0.15) is 18.4 Å². The van der Waals surface area contributed by atoms with Gasteiger partial charge in [0.05, 0.1) is 12.6 Å². The molecule has 0 atom stereocenters. The van der Waals surface area contributed by atoms with Crippen LogP contribution in [0.25, 0.3) is 6.08 Å². The summed E-state index contributed by atoms with van der Waals surface area (Å²) in [5.41, 5.74) is 1.22. The van der Waals surface area contributed by atoms with Crippen LogP contribution in [0.2, 0.25) is 0 Å². The molecule has 0 bridgehead atoms. The maximum atomic E-state index is 8.71. The van der Waals surface area contributed by atoms with E-state index in [2.05, 4.69) is 35.3 Å². The van der Waals surface area contributed by atoms with Crippen LogP contribution in [0.5, 0.6) is 0 Å². The van der Waals surface area contributed by atoms with Gasteiger partial charge in [-0.05, 0) is 18.4 Å². The largest absolute Gasteiger partial charge is 0.284 e. The van der Waals surface area contributed by atoms with Crippen molar-refractivity contribution in [2.24, 2.45) is 0 Å². The molecule has 0 N–H and O–H groups in total. The van der Waals surface area contributed by atoms with Gasteiger partial charge in [-0.25, -0.2) is 0 Å². The van der Waals surface area contributed by atoms with Crippen molar-refractivity contribution in [3.63, 3.8) is 0 Å². The molecular weight excluding hydrogens is 196 g/mol. The molecule has 2 rings (SSSR count). The third-order valence-corrected chi connectivity index (χ3v) is 2.79. The zero-order valence-electron chi connectivity index (χ0n) is 9.34. The van der Waals surface area contributed by atoms with E-state index < -0.39 is 0 Å². The van der Waals surface area contributed by atoms with Crippen molar-refractivity contribution in [3.05, 3.63) is 42.0 Å². The molecule has 1 aromatic carbocycles. The van der Waals surface area contributed by atoms with E-state index in [1.807, 2.05) is 18.2 Å². The lowest BCUT2D eigenvalue weighted by Gasteiger charge is -2.15. The Morgan fingerprint density at radius 2 is 2.06 bits per heavy atom. The number of rotatable bonds is 5. The van der Waals surface area contributed by atoms with E-state index in [-0.39, 0.29) is 0 Å². The van der Waals surface area contributed by atoms with E-state index in [0.717, 1.165) is 6.54 Å². The van der Waals surface area contributed by atoms with E-state index in [1.54, 1.807) is 0 Å². The fraction of sp³-hybridized carbons (Fsp3) is 0.357. The van der Waals surface area contributed by atoms with Crippen LogP contribution in [-0.4, -0.2) is 24.0 Å². The lowest BCUT2D eigenvalue weighted by molar-refractivity contribution is 0.329. The summed E-state index contributed by atoms with van der Waals surface area (Å²) in [5.74, 6) is 0. The Kier molecular flexibility index (Phi) is 3.74. The predicted octanol–water partition coefficient (Wildman–Crippen LogP) is 2.69. The van der Waals surface area contributed by atoms with Gasteiger partial charge < -0.3 is 0 Å². The molecule has 1 fully saturated rings. The summed E-state index contributed by atoms with van der Waals surface area (Å²) in [7, 11) is 0. The van der Waals surface area contributed by atoms with Crippen LogP contribution < -0.4 is 0 Å². The molecule has 0 aliphatic heterocycles. The van der Waals surface area contributed by atoms with Gasteiger partial charge in [-0.1, -0.05) is 42.5 Å². The smallest absolute Gasteiger partial charge is 0.0871 e. The van der Waals surface area contributed by atoms with Gasteiger partial charge in [0.2, 0.25) is 0 Å². The number of hydrogen-bond donors (Lipinski definition) is 0. The van der Waals surface area contributed by atoms with Crippen LogP contribution in [0, 0.1) is 11.3 Å². The fourth-order valence-corrected chi connectivity index (χ4v) is 1.76. The summed E-state index contributed by atoms with van der Waals surface area (Å²) in [6.45, 7) is 1.43. The molecule has 16 heavy (non-hydrogen) atoms. The number of benzene rings is 1. The minimum Gasteiger partial charge on any atom is -0.284 e. The van der Waals surface area contributed by atoms with Crippen molar-refractivity contribution >= 4 is 6.08 Å². The first-order valence-electron chi connectivity index (χ1n) is 5.73. The number of hydrogen-bond acceptors (Lipinski definition) is 2. The SMILES string of the molecule is N#CCN(CC=Cc1ccccc1)C1CC1. The van der Waals surface area contributed by atoms with Crippen LogP contribution in [0.4, 0.5) is 0 Å². The van der Waals surface area contributed by atoms with Gasteiger partial charge >= 0.3 is 0 Å². The first kappa shape index (κ1) is 10.9. The Hall–Kier alpha value is -1.59. The topological polar surface area (TPSA) is 27.0 Å². The lowest BCUT2D eigenvalue weighted by Crippen LogP contribution is -2.26. The average Bonchev–Trinajstić information content (AvgIpc) is 3.13. The Bertz CT molecular complexity index is 385. The Morgan fingerprint density at radius 1 is 1.31 bits per heavy atom. The highest BCUT2D eigenvalue weighted by atomic mass is 15.2. The van der Waals surface area contributed by atoms with Crippen LogP contribution in [0.3, 0.4) is 0 Å². The molecular formula is C14H16N2. The Balaban J connectivity index is 1.85. The van der Waals surface area contributed by atoms with Crippen molar-refractivity contribution in [3.8, 4) is 6.07 Å². The van der Waals surface area contributed by atoms with E-state index in [4.69, 9.17) is 5.26 Å². The molecule has 0 unspecified atom stereocenters. The highest BCUT2D eigenvalue weighted by molar-refractivity contribution is 5.48. The van der Waals surface area contributed by atoms with Crippen LogP contribution in [0.15, 0.2) is 36.4 Å². The van der Waals surface area contributed by atoms with Gasteiger partial charge in [0.15, 0.2) is 0 Å². The Labute approximate surface area is 96.8 Å². The molecule has 82 valence electrons. The molecule has 1 aliphatic carbocycles. The summed E-state index contributed by atoms with van der Waals surface area (Å²) < 4.78 is 0. The molecule has 0 radical (unpaired) electrons. The van der Waals surface area contributed by atoms with E-state index in [1.165, 1.54) is 18.4 Å². The highest BCUT2D eigenvalue weighted by Crippen LogP contribution is 2.26. The monoisotopic (exact) mass is 212 g/mol. The van der Waals surface area contributed by atoms with Crippen molar-refractivity contribution < 1.29 is 0 Å². The normalized spacial score (nSPS) is 15.5. The molecule has 1 aliphatic rings. The summed E-state index contributed by atoms with van der Waals surface area (Å²) >= 11 is 0. The van der Waals surface area contributed by atoms with E-state index >= 15 is 0 Å². The van der Waals surface area contributed by atoms with Gasteiger partial charge in [0.1, 0.15) is 0 Å². The zero-order valence-corrected chi connectivity index (χ0v) is 9.34. The lowest BCUT2D eigenvalue weighted by atomic mass is 10.2. The van der Waals surface area contributed by atoms with Crippen LogP contribution in [-0.2, 0) is 0 Å². The third kappa shape index (κ3) is 3.22. The fourth-order valence-electron chi connectivity index (χ4n) is 1.76. The Morgan fingerprint density at radius 3 is 2.69 bits per heavy atom. The minimum absolute atomic E-state index is 0.545. The summed E-state index contributed by atoms with van der Waals surface area (Å²) in [4.78, 5) is 2.24. The third-order valence-electron chi connectivity index (χ3n) is 2.79. The van der Waals surface area contributed by atoms with E-state index in [9.17, 15) is 0 Å². The second-order valence-electron chi connectivity index (χ2n) is 4.13. The summed E-state index contributed by atoms with van der Waals surface area (Å²) in [6.07, 6.45) is 6.76. The van der Waals surface area contributed by atoms with E-state index in [0.29, 0.717) is 12.6 Å². The first-order valence-corrected chi connectivity index (χ1v) is 5.73. The molecule has 1 aromatic rings. The van der Waals surface area contributed by atoms with Crippen LogP contribution >= 0.6 is 0 Å². The maximum Gasteiger partial charge on any atom is 0.0871 e. The summed E-state index contributed by atoms with van der Waals surface area (Å²) in [5, 5.41) is 8.71. The quantitative estimate of drug-likeness (QED) is 0.702. The van der Waals surface area contributed by atoms with Crippen molar-refractivity contribution in [1.82, 2.24) is 4.90 Å². The van der Waals surface area contributed by atoms with Gasteiger partial charge in [-0.3, -0.25) is 4.90 Å². The van der Waals surface area contributed by atoms with Crippen molar-refractivity contribution in [2.75, 3.05) is 13.1 Å². The highest BCUT2D eigenvalue weighted by Gasteiger charge is 2.27. The molecule has 0 heterocycles. The standard InChI is InChI=1S/C14H16N2/c15-10-12-16(14-8-9-14)11-4-7-13-5-2-1-3-6-13/h1-7,14H,8-9,11-12H2. The molecule has 2 nitrogen and oxygen atoms in total. The predicted molar refractivity (Wildman–Crippen MR) is 65.7 cm³/mol. The summed E-state index contributed by atoms with van der Waals surface area (Å²) in [6, 6.07) is 13.1. The molecule has 2 heteroatoms. The second-order valence-corrected chi connectivity index (χ2v) is 4.13. The van der Waals surface area contributed by atoms with Gasteiger partial charge in [-0.2, -0.15) is 5.26 Å². The molecule has 0 amide bonds. The van der Waals surface area contributed by atoms with Gasteiger partial charge in [0.25, 0.3) is 0 Å². The van der Waals surface area contributed by atoms with Gasteiger partial charge in [-0.15, -0.1) is 0 Å². The average molecular weight is 212 g/mol. The number of nitrogens with zero attached hydrogens (tertiary/aromatic N) is 2. The first-order chi connectivity index (χ1) is 7.90. The molecule has 0 spiro atoms. The maximum absolute atomic E-state index is 8.71. The molecule has 0 saturated heterocycles. The van der Waals surface area contributed by atoms with Crippen molar-refractivity contribution in [2.45, 2.75) is 18.9 Å². The minimum atomic E-state index is 0.545. The number of nitriles is 1. The molecule has 0 aromatic heterocycles. The second kappa shape index (κ2) is 5.48. The van der Waals surface area contributed by atoms with Crippen molar-refractivity contribution in [1.29, 1.82) is 5.26 Å². The zero-order chi connectivity index (χ0) is 11.2. The van der Waals surface area contributed by atoms with Gasteiger partial charge in [0, 0.05) is 12.6 Å².